The number of aromatic nitrogens is 1. The highest BCUT2D eigenvalue weighted by atomic mass is 19.4. The van der Waals surface area contributed by atoms with E-state index in [9.17, 15) is 22.4 Å². The second-order valence-corrected chi connectivity index (χ2v) is 9.54. The molecule has 7 nitrogen and oxygen atoms in total. The van der Waals surface area contributed by atoms with E-state index in [0.717, 1.165) is 60.1 Å². The highest BCUT2D eigenvalue weighted by Crippen LogP contribution is 2.32. The van der Waals surface area contributed by atoms with Crippen molar-refractivity contribution in [3.05, 3.63) is 60.0 Å². The van der Waals surface area contributed by atoms with E-state index in [1.54, 1.807) is 6.07 Å². The SMILES string of the molecule is CCN1CC2(CCN(Cc3ccc(-c4ccc5cc[nH]c5c4)cc3F)CC2)OCC1=O.O=C(O)C(F)(F)F. The Balaban J connectivity index is 0.000000426. The normalized spacial score (nSPS) is 17.9. The van der Waals surface area contributed by atoms with Crippen LogP contribution < -0.4 is 0 Å². The summed E-state index contributed by atoms with van der Waals surface area (Å²) in [5, 5.41) is 8.28. The zero-order chi connectivity index (χ0) is 27.5. The number of halogens is 4. The Hall–Kier alpha value is -3.44. The molecule has 0 atom stereocenters. The van der Waals surface area contributed by atoms with Crippen LogP contribution >= 0.6 is 0 Å². The van der Waals surface area contributed by atoms with Crippen LogP contribution in [0.15, 0.2) is 48.7 Å². The number of likely N-dealkylation sites (N-methyl/N-ethyl adjacent to an activating group) is 1. The first kappa shape index (κ1) is 27.6. The van der Waals surface area contributed by atoms with Gasteiger partial charge in [0.1, 0.15) is 12.4 Å². The maximum Gasteiger partial charge on any atom is 0.490 e. The summed E-state index contributed by atoms with van der Waals surface area (Å²) in [6.45, 7) is 5.86. The molecule has 0 radical (unpaired) electrons. The average molecular weight is 536 g/mol. The van der Waals surface area contributed by atoms with Gasteiger partial charge in [-0.05, 0) is 54.5 Å². The Morgan fingerprint density at radius 2 is 1.76 bits per heavy atom. The van der Waals surface area contributed by atoms with Crippen molar-refractivity contribution in [3.8, 4) is 11.1 Å². The summed E-state index contributed by atoms with van der Waals surface area (Å²) < 4.78 is 52.6. The van der Waals surface area contributed by atoms with E-state index >= 15 is 0 Å². The lowest BCUT2D eigenvalue weighted by atomic mass is 9.89. The van der Waals surface area contributed by atoms with Gasteiger partial charge in [0.15, 0.2) is 0 Å². The van der Waals surface area contributed by atoms with Crippen molar-refractivity contribution in [1.82, 2.24) is 14.8 Å². The largest absolute Gasteiger partial charge is 0.490 e. The summed E-state index contributed by atoms with van der Waals surface area (Å²) >= 11 is 0. The number of H-pyrrole nitrogens is 1. The smallest absolute Gasteiger partial charge is 0.475 e. The van der Waals surface area contributed by atoms with E-state index in [0.29, 0.717) is 13.1 Å². The van der Waals surface area contributed by atoms with Crippen LogP contribution in [-0.2, 0) is 20.9 Å². The van der Waals surface area contributed by atoms with Crippen LogP contribution in [0.25, 0.3) is 22.0 Å². The molecule has 2 N–H and O–H groups in total. The van der Waals surface area contributed by atoms with E-state index < -0.39 is 12.1 Å². The average Bonchev–Trinajstić information content (AvgIpc) is 3.36. The van der Waals surface area contributed by atoms with E-state index in [2.05, 4.69) is 22.0 Å². The lowest BCUT2D eigenvalue weighted by Crippen LogP contribution is -2.58. The van der Waals surface area contributed by atoms with Crippen molar-refractivity contribution < 1.29 is 37.0 Å². The Labute approximate surface area is 217 Å². The van der Waals surface area contributed by atoms with Gasteiger partial charge < -0.3 is 19.7 Å². The summed E-state index contributed by atoms with van der Waals surface area (Å²) in [6.07, 6.45) is -1.43. The number of carboxylic acid groups (broad SMARTS) is 1. The number of nitrogens with one attached hydrogen (secondary N) is 1. The number of aromatic amines is 1. The first-order valence-electron chi connectivity index (χ1n) is 12.3. The van der Waals surface area contributed by atoms with Crippen molar-refractivity contribution in [1.29, 1.82) is 0 Å². The molecule has 11 heteroatoms. The number of alkyl halides is 3. The maximum absolute atomic E-state index is 14.9. The summed E-state index contributed by atoms with van der Waals surface area (Å²) in [4.78, 5) is 28.2. The standard InChI is InChI=1S/C25H28FN3O2.C2HF3O2/c1-2-29-17-25(31-16-24(29)30)8-11-28(12-9-25)15-21-6-5-19(13-22(21)26)20-4-3-18-7-10-27-23(18)14-20;3-2(4,5)1(6)7/h3-7,10,13-14,27H,2,8-9,11-12,15-17H2,1H3;(H,6,7). The number of hydrogen-bond acceptors (Lipinski definition) is 4. The van der Waals surface area contributed by atoms with Crippen LogP contribution in [0.4, 0.5) is 17.6 Å². The number of carboxylic acids is 1. The topological polar surface area (TPSA) is 85.9 Å². The first-order chi connectivity index (χ1) is 18.0. The van der Waals surface area contributed by atoms with Gasteiger partial charge in [0, 0.05) is 50.0 Å². The Morgan fingerprint density at radius 1 is 1.11 bits per heavy atom. The highest BCUT2D eigenvalue weighted by molar-refractivity contribution is 5.84. The van der Waals surface area contributed by atoms with E-state index in [4.69, 9.17) is 14.6 Å². The van der Waals surface area contributed by atoms with Crippen molar-refractivity contribution in [3.63, 3.8) is 0 Å². The summed E-state index contributed by atoms with van der Waals surface area (Å²) in [7, 11) is 0. The van der Waals surface area contributed by atoms with E-state index in [1.165, 1.54) is 0 Å². The molecule has 1 spiro atoms. The number of rotatable bonds is 4. The van der Waals surface area contributed by atoms with Crippen molar-refractivity contribution >= 4 is 22.8 Å². The molecule has 3 heterocycles. The molecule has 0 bridgehead atoms. The number of amides is 1. The van der Waals surface area contributed by atoms with Gasteiger partial charge in [0.2, 0.25) is 5.91 Å². The van der Waals surface area contributed by atoms with Crippen LogP contribution in [0.3, 0.4) is 0 Å². The zero-order valence-corrected chi connectivity index (χ0v) is 20.9. The van der Waals surface area contributed by atoms with Crippen LogP contribution in [0, 0.1) is 5.82 Å². The number of benzene rings is 2. The third-order valence-corrected chi connectivity index (χ3v) is 7.06. The van der Waals surface area contributed by atoms with Gasteiger partial charge >= 0.3 is 12.1 Å². The van der Waals surface area contributed by atoms with Crippen molar-refractivity contribution in [2.24, 2.45) is 0 Å². The number of ether oxygens (including phenoxy) is 1. The Bertz CT molecular complexity index is 1300. The fourth-order valence-corrected chi connectivity index (χ4v) is 4.82. The quantitative estimate of drug-likeness (QED) is 0.468. The molecule has 5 rings (SSSR count). The molecular weight excluding hydrogens is 506 g/mol. The molecule has 38 heavy (non-hydrogen) atoms. The lowest BCUT2D eigenvalue weighted by Gasteiger charge is -2.46. The van der Waals surface area contributed by atoms with Crippen molar-refractivity contribution in [2.75, 3.05) is 32.8 Å². The second kappa shape index (κ2) is 11.1. The van der Waals surface area contributed by atoms with Gasteiger partial charge in [0.05, 0.1) is 5.60 Å². The molecule has 2 fully saturated rings. The number of aliphatic carboxylic acids is 1. The third-order valence-electron chi connectivity index (χ3n) is 7.06. The van der Waals surface area contributed by atoms with Gasteiger partial charge in [-0.25, -0.2) is 9.18 Å². The predicted molar refractivity (Wildman–Crippen MR) is 133 cm³/mol. The molecule has 0 aliphatic carbocycles. The molecule has 1 amide bonds. The Kier molecular flexibility index (Phi) is 8.08. The molecule has 3 aromatic rings. The minimum atomic E-state index is -5.08. The molecule has 2 aliphatic heterocycles. The van der Waals surface area contributed by atoms with Crippen LogP contribution in [0.1, 0.15) is 25.3 Å². The number of carbonyl (C=O) groups excluding carboxylic acids is 1. The number of likely N-dealkylation sites (tertiary alicyclic amines) is 1. The number of piperidine rings is 1. The number of carbonyl (C=O) groups is 2. The molecule has 2 aromatic carbocycles. The molecule has 2 saturated heterocycles. The molecule has 0 saturated carbocycles. The molecule has 1 aromatic heterocycles. The summed E-state index contributed by atoms with van der Waals surface area (Å²) in [5.41, 5.74) is 3.42. The minimum Gasteiger partial charge on any atom is -0.475 e. The molecule has 0 unspecified atom stereocenters. The van der Waals surface area contributed by atoms with Gasteiger partial charge in [-0.3, -0.25) is 9.69 Å². The summed E-state index contributed by atoms with van der Waals surface area (Å²) in [6, 6.07) is 13.7. The maximum atomic E-state index is 14.9. The van der Waals surface area contributed by atoms with Crippen LogP contribution in [0.2, 0.25) is 0 Å². The van der Waals surface area contributed by atoms with E-state index in [1.807, 2.05) is 42.3 Å². The van der Waals surface area contributed by atoms with Gasteiger partial charge in [-0.15, -0.1) is 0 Å². The van der Waals surface area contributed by atoms with Crippen molar-refractivity contribution in [2.45, 2.75) is 38.1 Å². The van der Waals surface area contributed by atoms with Gasteiger partial charge in [-0.1, -0.05) is 24.3 Å². The van der Waals surface area contributed by atoms with Crippen LogP contribution in [-0.4, -0.2) is 76.3 Å². The number of hydrogen-bond donors (Lipinski definition) is 2. The third kappa shape index (κ3) is 6.33. The number of morpholine rings is 1. The van der Waals surface area contributed by atoms with E-state index in [-0.39, 0.29) is 23.9 Å². The Morgan fingerprint density at radius 3 is 2.39 bits per heavy atom. The monoisotopic (exact) mass is 535 g/mol. The highest BCUT2D eigenvalue weighted by Gasteiger charge is 2.41. The predicted octanol–water partition coefficient (Wildman–Crippen LogP) is 4.82. The number of fused-ring (bicyclic) bond motifs is 1. The molecule has 204 valence electrons. The van der Waals surface area contributed by atoms with Crippen LogP contribution in [0.5, 0.6) is 0 Å². The second-order valence-electron chi connectivity index (χ2n) is 9.54. The summed E-state index contributed by atoms with van der Waals surface area (Å²) in [5.74, 6) is -2.85. The lowest BCUT2D eigenvalue weighted by molar-refractivity contribution is -0.192. The zero-order valence-electron chi connectivity index (χ0n) is 20.9. The van der Waals surface area contributed by atoms with Gasteiger partial charge in [0.25, 0.3) is 0 Å². The fourth-order valence-electron chi connectivity index (χ4n) is 4.82. The number of nitrogens with zero attached hydrogens (tertiary/aromatic N) is 2. The first-order valence-corrected chi connectivity index (χ1v) is 12.3. The molecular formula is C27H29F4N3O4. The fraction of sp³-hybridized carbons (Fsp3) is 0.407. The minimum absolute atomic E-state index is 0.0770. The molecule has 2 aliphatic rings. The van der Waals surface area contributed by atoms with Gasteiger partial charge in [-0.2, -0.15) is 13.2 Å².